The molecule has 94 valence electrons. The third kappa shape index (κ3) is 1.84. The van der Waals surface area contributed by atoms with Crippen LogP contribution in [0.15, 0.2) is 18.2 Å². The van der Waals surface area contributed by atoms with Crippen LogP contribution >= 0.6 is 0 Å². The Bertz CT molecular complexity index is 518. The normalized spacial score (nSPS) is 24.5. The molecule has 2 unspecified atom stereocenters. The molecule has 1 saturated carbocycles. The first-order valence-corrected chi connectivity index (χ1v) is 6.44. The number of ether oxygens (including phenoxy) is 1. The lowest BCUT2D eigenvalue weighted by Crippen LogP contribution is -2.10. The van der Waals surface area contributed by atoms with Gasteiger partial charge in [-0.1, -0.05) is 12.1 Å². The summed E-state index contributed by atoms with van der Waals surface area (Å²) < 4.78 is 4.67. The molecular formula is C15H16O3. The van der Waals surface area contributed by atoms with Crippen molar-refractivity contribution in [3.05, 3.63) is 34.9 Å². The van der Waals surface area contributed by atoms with Gasteiger partial charge in [-0.2, -0.15) is 0 Å². The molecule has 3 rings (SSSR count). The number of Topliss-reactive ketones (excluding diaryl/α,β-unsaturated/α-hetero) is 1. The molecule has 0 radical (unpaired) electrons. The van der Waals surface area contributed by atoms with Crippen LogP contribution in [0, 0.1) is 11.8 Å². The number of carbonyl (C=O) groups excluding carboxylic acids is 2. The molecule has 0 aromatic heterocycles. The maximum atomic E-state index is 12.2. The Labute approximate surface area is 106 Å². The molecule has 1 aromatic carbocycles. The van der Waals surface area contributed by atoms with E-state index >= 15 is 0 Å². The zero-order valence-corrected chi connectivity index (χ0v) is 10.4. The number of esters is 1. The van der Waals surface area contributed by atoms with Crippen molar-refractivity contribution >= 4 is 11.8 Å². The molecule has 0 spiro atoms. The predicted octanol–water partition coefficient (Wildman–Crippen LogP) is 2.17. The first-order chi connectivity index (χ1) is 8.70. The van der Waals surface area contributed by atoms with Gasteiger partial charge in [0.2, 0.25) is 0 Å². The maximum Gasteiger partial charge on any atom is 0.309 e. The Kier molecular flexibility index (Phi) is 2.69. The molecule has 0 bridgehead atoms. The Morgan fingerprint density at radius 3 is 2.72 bits per heavy atom. The summed E-state index contributed by atoms with van der Waals surface area (Å²) >= 11 is 0. The van der Waals surface area contributed by atoms with Crippen LogP contribution in [0.4, 0.5) is 0 Å². The van der Waals surface area contributed by atoms with E-state index in [0.717, 1.165) is 18.4 Å². The van der Waals surface area contributed by atoms with Gasteiger partial charge in [0.1, 0.15) is 0 Å². The van der Waals surface area contributed by atoms with Crippen molar-refractivity contribution in [3.8, 4) is 0 Å². The van der Waals surface area contributed by atoms with Crippen LogP contribution in [0.3, 0.4) is 0 Å². The van der Waals surface area contributed by atoms with E-state index in [1.807, 2.05) is 12.1 Å². The molecule has 2 aliphatic carbocycles. The summed E-state index contributed by atoms with van der Waals surface area (Å²) in [6.07, 6.45) is 4.02. The number of fused-ring (bicyclic) bond motifs is 1. The standard InChI is InChI=1S/C15H16O3/c1-18-15(17)13-8-12(13)14(16)11-6-5-9-3-2-4-10(9)7-11/h5-7,12-13H,2-4,8H2,1H3. The summed E-state index contributed by atoms with van der Waals surface area (Å²) in [5, 5.41) is 0. The van der Waals surface area contributed by atoms with E-state index in [1.54, 1.807) is 0 Å². The Hall–Kier alpha value is -1.64. The number of rotatable bonds is 3. The Morgan fingerprint density at radius 2 is 1.94 bits per heavy atom. The smallest absolute Gasteiger partial charge is 0.309 e. The molecule has 3 heteroatoms. The molecule has 0 N–H and O–H groups in total. The van der Waals surface area contributed by atoms with Crippen molar-refractivity contribution in [3.63, 3.8) is 0 Å². The van der Waals surface area contributed by atoms with E-state index in [4.69, 9.17) is 0 Å². The number of hydrogen-bond donors (Lipinski definition) is 0. The highest BCUT2D eigenvalue weighted by atomic mass is 16.5. The minimum atomic E-state index is -0.255. The van der Waals surface area contributed by atoms with E-state index < -0.39 is 0 Å². The van der Waals surface area contributed by atoms with Crippen molar-refractivity contribution < 1.29 is 14.3 Å². The number of ketones is 1. The number of hydrogen-bond acceptors (Lipinski definition) is 3. The highest BCUT2D eigenvalue weighted by Crippen LogP contribution is 2.42. The summed E-state index contributed by atoms with van der Waals surface area (Å²) in [6, 6.07) is 5.97. The minimum Gasteiger partial charge on any atom is -0.469 e. The summed E-state index contributed by atoms with van der Waals surface area (Å²) in [5.74, 6) is -0.526. The van der Waals surface area contributed by atoms with Crippen LogP contribution in [0.5, 0.6) is 0 Å². The van der Waals surface area contributed by atoms with Crippen molar-refractivity contribution in [2.75, 3.05) is 7.11 Å². The second-order valence-electron chi connectivity index (χ2n) is 5.17. The lowest BCUT2D eigenvalue weighted by Gasteiger charge is -2.04. The molecule has 0 heterocycles. The molecule has 3 nitrogen and oxygen atoms in total. The average Bonchev–Trinajstić information content (AvgIpc) is 3.06. The van der Waals surface area contributed by atoms with Crippen molar-refractivity contribution in [1.29, 1.82) is 0 Å². The SMILES string of the molecule is COC(=O)C1CC1C(=O)c1ccc2c(c1)CCC2. The molecule has 1 fully saturated rings. The van der Waals surface area contributed by atoms with Crippen molar-refractivity contribution in [2.45, 2.75) is 25.7 Å². The molecule has 0 saturated heterocycles. The van der Waals surface area contributed by atoms with Gasteiger partial charge in [-0.15, -0.1) is 0 Å². The lowest BCUT2D eigenvalue weighted by atomic mass is 10.0. The van der Waals surface area contributed by atoms with E-state index in [0.29, 0.717) is 6.42 Å². The first-order valence-electron chi connectivity index (χ1n) is 6.44. The topological polar surface area (TPSA) is 43.4 Å². The van der Waals surface area contributed by atoms with Crippen LogP contribution in [-0.2, 0) is 22.4 Å². The van der Waals surface area contributed by atoms with Crippen molar-refractivity contribution in [2.24, 2.45) is 11.8 Å². The fourth-order valence-corrected chi connectivity index (χ4v) is 2.84. The second-order valence-corrected chi connectivity index (χ2v) is 5.17. The van der Waals surface area contributed by atoms with Gasteiger partial charge < -0.3 is 4.74 Å². The van der Waals surface area contributed by atoms with E-state index in [-0.39, 0.29) is 23.6 Å². The third-order valence-electron chi connectivity index (χ3n) is 4.01. The van der Waals surface area contributed by atoms with Crippen LogP contribution in [0.25, 0.3) is 0 Å². The van der Waals surface area contributed by atoms with E-state index in [9.17, 15) is 9.59 Å². The molecule has 18 heavy (non-hydrogen) atoms. The molecule has 2 atom stereocenters. The van der Waals surface area contributed by atoms with Gasteiger partial charge in [-0.3, -0.25) is 9.59 Å². The Morgan fingerprint density at radius 1 is 1.17 bits per heavy atom. The number of benzene rings is 1. The van der Waals surface area contributed by atoms with E-state index in [1.165, 1.54) is 24.7 Å². The highest BCUT2D eigenvalue weighted by Gasteiger charge is 2.48. The quantitative estimate of drug-likeness (QED) is 0.604. The summed E-state index contributed by atoms with van der Waals surface area (Å²) in [4.78, 5) is 23.6. The largest absolute Gasteiger partial charge is 0.469 e. The van der Waals surface area contributed by atoms with Gasteiger partial charge in [-0.25, -0.2) is 0 Å². The number of methoxy groups -OCH3 is 1. The van der Waals surface area contributed by atoms with Crippen molar-refractivity contribution in [1.82, 2.24) is 0 Å². The number of aryl methyl sites for hydroxylation is 2. The monoisotopic (exact) mass is 244 g/mol. The molecule has 0 aliphatic heterocycles. The fraction of sp³-hybridized carbons (Fsp3) is 0.467. The summed E-state index contributed by atoms with van der Waals surface area (Å²) in [7, 11) is 1.37. The minimum absolute atomic E-state index is 0.0973. The highest BCUT2D eigenvalue weighted by molar-refractivity contribution is 6.03. The van der Waals surface area contributed by atoms with Gasteiger partial charge in [0.15, 0.2) is 5.78 Å². The van der Waals surface area contributed by atoms with E-state index in [2.05, 4.69) is 10.8 Å². The summed E-state index contributed by atoms with van der Waals surface area (Å²) in [6.45, 7) is 0. The first kappa shape index (κ1) is 11.5. The molecule has 1 aromatic rings. The zero-order chi connectivity index (χ0) is 12.7. The van der Waals surface area contributed by atoms with Crippen LogP contribution < -0.4 is 0 Å². The number of carbonyl (C=O) groups is 2. The zero-order valence-electron chi connectivity index (χ0n) is 10.4. The van der Waals surface area contributed by atoms with Crippen LogP contribution in [0.2, 0.25) is 0 Å². The van der Waals surface area contributed by atoms with Gasteiger partial charge in [0, 0.05) is 11.5 Å². The predicted molar refractivity (Wildman–Crippen MR) is 66.4 cm³/mol. The van der Waals surface area contributed by atoms with Gasteiger partial charge >= 0.3 is 5.97 Å². The lowest BCUT2D eigenvalue weighted by molar-refractivity contribution is -0.142. The second kappa shape index (κ2) is 4.23. The Balaban J connectivity index is 1.76. The van der Waals surface area contributed by atoms with Gasteiger partial charge in [0.05, 0.1) is 13.0 Å². The van der Waals surface area contributed by atoms with Gasteiger partial charge in [-0.05, 0) is 42.9 Å². The maximum absolute atomic E-state index is 12.2. The molecule has 0 amide bonds. The third-order valence-corrected chi connectivity index (χ3v) is 4.01. The average molecular weight is 244 g/mol. The summed E-state index contributed by atoms with van der Waals surface area (Å²) in [5.41, 5.74) is 3.43. The van der Waals surface area contributed by atoms with Gasteiger partial charge in [0.25, 0.3) is 0 Å². The molecular weight excluding hydrogens is 228 g/mol. The molecule has 2 aliphatic rings. The van der Waals surface area contributed by atoms with Crippen LogP contribution in [-0.4, -0.2) is 18.9 Å². The van der Waals surface area contributed by atoms with Crippen LogP contribution in [0.1, 0.15) is 34.3 Å². The fourth-order valence-electron chi connectivity index (χ4n) is 2.84.